The molecule has 1 fully saturated rings. The second-order valence-electron chi connectivity index (χ2n) is 5.58. The molecule has 11 heteroatoms. The number of nitrogens with zero attached hydrogens (tertiary/aromatic N) is 6. The Morgan fingerprint density at radius 2 is 2.12 bits per heavy atom. The molecule has 2 aromatic rings. The summed E-state index contributed by atoms with van der Waals surface area (Å²) in [5, 5.41) is 21.0. The van der Waals surface area contributed by atoms with E-state index in [0.29, 0.717) is 13.1 Å². The summed E-state index contributed by atoms with van der Waals surface area (Å²) >= 11 is 3.07. The van der Waals surface area contributed by atoms with Gasteiger partial charge in [0.1, 0.15) is 4.47 Å². The zero-order valence-electron chi connectivity index (χ0n) is 13.0. The van der Waals surface area contributed by atoms with E-state index in [1.54, 1.807) is 9.58 Å². The van der Waals surface area contributed by atoms with E-state index in [2.05, 4.69) is 36.1 Å². The Morgan fingerprint density at radius 3 is 2.67 bits per heavy atom. The fourth-order valence-corrected chi connectivity index (χ4v) is 3.14. The number of amides is 1. The molecule has 10 nitrogen and oxygen atoms in total. The number of carbonyl (C=O) groups is 1. The van der Waals surface area contributed by atoms with Gasteiger partial charge in [-0.05, 0) is 20.9 Å². The van der Waals surface area contributed by atoms with Crippen molar-refractivity contribution in [3.05, 3.63) is 38.2 Å². The minimum atomic E-state index is -0.611. The van der Waals surface area contributed by atoms with Gasteiger partial charge in [0.15, 0.2) is 5.69 Å². The Bertz CT molecular complexity index is 763. The summed E-state index contributed by atoms with van der Waals surface area (Å²) in [5.74, 6) is -0.624. The number of hydrogen-bond donors (Lipinski definition) is 1. The second kappa shape index (κ2) is 6.69. The molecule has 3 rings (SSSR count). The first-order valence-corrected chi connectivity index (χ1v) is 8.12. The fourth-order valence-electron chi connectivity index (χ4n) is 2.65. The van der Waals surface area contributed by atoms with Crippen LogP contribution in [0.1, 0.15) is 16.1 Å². The summed E-state index contributed by atoms with van der Waals surface area (Å²) in [4.78, 5) is 26.6. The highest BCUT2D eigenvalue weighted by molar-refractivity contribution is 9.10. The van der Waals surface area contributed by atoms with Gasteiger partial charge in [0, 0.05) is 51.5 Å². The number of nitrogens with one attached hydrogen (secondary N) is 1. The molecule has 0 aromatic carbocycles. The lowest BCUT2D eigenvalue weighted by atomic mass is 10.2. The Labute approximate surface area is 145 Å². The van der Waals surface area contributed by atoms with Crippen LogP contribution < -0.4 is 0 Å². The number of piperazine rings is 1. The van der Waals surface area contributed by atoms with Crippen molar-refractivity contribution in [1.82, 2.24) is 29.8 Å². The van der Waals surface area contributed by atoms with Gasteiger partial charge in [-0.1, -0.05) is 5.10 Å². The largest absolute Gasteiger partial charge is 0.358 e. The number of nitro groups is 1. The van der Waals surface area contributed by atoms with Crippen LogP contribution in [0.25, 0.3) is 0 Å². The number of carbonyl (C=O) groups excluding carboxylic acids is 1. The minimum Gasteiger partial charge on any atom is -0.358 e. The molecule has 1 aliphatic heterocycles. The third kappa shape index (κ3) is 3.31. The number of hydrogen-bond acceptors (Lipinski definition) is 6. The number of aryl methyl sites for hydroxylation is 1. The molecule has 0 atom stereocenters. The Morgan fingerprint density at radius 1 is 1.42 bits per heavy atom. The maximum atomic E-state index is 12.5. The molecule has 24 heavy (non-hydrogen) atoms. The van der Waals surface area contributed by atoms with Crippen molar-refractivity contribution in [2.75, 3.05) is 26.2 Å². The maximum absolute atomic E-state index is 12.5. The molecular formula is C13H16BrN7O3. The monoisotopic (exact) mass is 397 g/mol. The summed E-state index contributed by atoms with van der Waals surface area (Å²) < 4.78 is 1.85. The van der Waals surface area contributed by atoms with Crippen molar-refractivity contribution in [3.8, 4) is 0 Å². The first-order chi connectivity index (χ1) is 11.5. The average Bonchev–Trinajstić information content (AvgIpc) is 3.13. The summed E-state index contributed by atoms with van der Waals surface area (Å²) in [7, 11) is 1.88. The molecule has 0 bridgehead atoms. The lowest BCUT2D eigenvalue weighted by Crippen LogP contribution is -2.48. The van der Waals surface area contributed by atoms with E-state index < -0.39 is 4.92 Å². The zero-order valence-corrected chi connectivity index (χ0v) is 14.6. The molecular weight excluding hydrogens is 382 g/mol. The molecule has 0 radical (unpaired) electrons. The number of H-pyrrole nitrogens is 1. The fraction of sp³-hybridized carbons (Fsp3) is 0.462. The van der Waals surface area contributed by atoms with Gasteiger partial charge in [0.2, 0.25) is 0 Å². The van der Waals surface area contributed by atoms with E-state index in [1.165, 1.54) is 0 Å². The Balaban J connectivity index is 1.60. The number of halogens is 1. The van der Waals surface area contributed by atoms with Gasteiger partial charge in [-0.25, -0.2) is 0 Å². The maximum Gasteiger partial charge on any atom is 0.357 e. The highest BCUT2D eigenvalue weighted by Crippen LogP contribution is 2.26. The summed E-state index contributed by atoms with van der Waals surface area (Å²) in [6, 6.07) is 0. The number of aromatic nitrogens is 4. The molecule has 0 unspecified atom stereocenters. The van der Waals surface area contributed by atoms with Crippen LogP contribution >= 0.6 is 15.9 Å². The van der Waals surface area contributed by atoms with Crippen LogP contribution in [-0.2, 0) is 13.6 Å². The van der Waals surface area contributed by atoms with Crippen molar-refractivity contribution in [2.45, 2.75) is 6.54 Å². The van der Waals surface area contributed by atoms with Crippen molar-refractivity contribution < 1.29 is 9.72 Å². The van der Waals surface area contributed by atoms with Crippen molar-refractivity contribution in [1.29, 1.82) is 0 Å². The smallest absolute Gasteiger partial charge is 0.357 e. The van der Waals surface area contributed by atoms with E-state index in [1.807, 2.05) is 19.4 Å². The molecule has 0 aliphatic carbocycles. The zero-order chi connectivity index (χ0) is 17.3. The van der Waals surface area contributed by atoms with Crippen LogP contribution in [0.4, 0.5) is 5.82 Å². The van der Waals surface area contributed by atoms with Crippen LogP contribution in [0.2, 0.25) is 0 Å². The number of aromatic amines is 1. The van der Waals surface area contributed by atoms with Crippen LogP contribution in [-0.4, -0.2) is 66.8 Å². The first-order valence-electron chi connectivity index (χ1n) is 7.33. The number of rotatable bonds is 4. The molecule has 1 aliphatic rings. The van der Waals surface area contributed by atoms with Crippen LogP contribution in [0, 0.1) is 10.1 Å². The summed E-state index contributed by atoms with van der Waals surface area (Å²) in [6.45, 7) is 3.33. The normalized spacial score (nSPS) is 15.7. The average molecular weight is 398 g/mol. The second-order valence-corrected chi connectivity index (χ2v) is 6.38. The first kappa shape index (κ1) is 16.6. The molecule has 0 spiro atoms. The minimum absolute atomic E-state index is 0.0439. The third-order valence-electron chi connectivity index (χ3n) is 3.90. The highest BCUT2D eigenvalue weighted by atomic mass is 79.9. The third-order valence-corrected chi connectivity index (χ3v) is 4.65. The van der Waals surface area contributed by atoms with Gasteiger partial charge in [-0.15, -0.1) is 5.10 Å². The predicted octanol–water partition coefficient (Wildman–Crippen LogP) is 0.772. The van der Waals surface area contributed by atoms with Crippen molar-refractivity contribution >= 4 is 27.7 Å². The summed E-state index contributed by atoms with van der Waals surface area (Å²) in [5.41, 5.74) is 1.17. The van der Waals surface area contributed by atoms with E-state index in [-0.39, 0.29) is 21.9 Å². The van der Waals surface area contributed by atoms with Crippen molar-refractivity contribution in [3.63, 3.8) is 0 Å². The van der Waals surface area contributed by atoms with E-state index in [9.17, 15) is 14.9 Å². The Kier molecular flexibility index (Phi) is 4.62. The van der Waals surface area contributed by atoms with Crippen LogP contribution in [0.15, 0.2) is 16.9 Å². The lowest BCUT2D eigenvalue weighted by Gasteiger charge is -2.34. The van der Waals surface area contributed by atoms with Crippen molar-refractivity contribution in [2.24, 2.45) is 7.05 Å². The SMILES string of the molecule is Cn1cc(CN2CCN(C(=O)c3n[nH]c([N+](=O)[O-])c3Br)CC2)cn1. The molecule has 1 N–H and O–H groups in total. The summed E-state index contributed by atoms with van der Waals surface area (Å²) in [6.07, 6.45) is 3.80. The van der Waals surface area contributed by atoms with E-state index >= 15 is 0 Å². The molecule has 3 heterocycles. The van der Waals surface area contributed by atoms with Gasteiger partial charge in [0.05, 0.1) is 6.20 Å². The van der Waals surface area contributed by atoms with Gasteiger partial charge >= 0.3 is 5.82 Å². The van der Waals surface area contributed by atoms with Gasteiger partial charge in [-0.2, -0.15) is 5.10 Å². The van der Waals surface area contributed by atoms with Gasteiger partial charge in [0.25, 0.3) is 5.91 Å². The molecule has 128 valence electrons. The molecule has 2 aromatic heterocycles. The van der Waals surface area contributed by atoms with Gasteiger partial charge < -0.3 is 15.0 Å². The predicted molar refractivity (Wildman–Crippen MR) is 87.3 cm³/mol. The molecule has 1 saturated heterocycles. The lowest BCUT2D eigenvalue weighted by molar-refractivity contribution is -0.390. The molecule has 1 amide bonds. The van der Waals surface area contributed by atoms with Crippen LogP contribution in [0.3, 0.4) is 0 Å². The topological polar surface area (TPSA) is 113 Å². The molecule has 0 saturated carbocycles. The van der Waals surface area contributed by atoms with E-state index in [0.717, 1.165) is 25.2 Å². The highest BCUT2D eigenvalue weighted by Gasteiger charge is 2.30. The van der Waals surface area contributed by atoms with E-state index in [4.69, 9.17) is 0 Å². The Hall–Kier alpha value is -2.27. The van der Waals surface area contributed by atoms with Gasteiger partial charge in [-0.3, -0.25) is 14.4 Å². The standard InChI is InChI=1S/C13H16BrN7O3/c1-18-7-9(6-15-18)8-19-2-4-20(5-3-19)13(22)11-10(14)12(17-16-11)21(23)24/h6-7H,2-5,8H2,1H3,(H,16,17). The quantitative estimate of drug-likeness (QED) is 0.601. The van der Waals surface area contributed by atoms with Crippen LogP contribution in [0.5, 0.6) is 0 Å².